The van der Waals surface area contributed by atoms with Crippen molar-refractivity contribution in [3.63, 3.8) is 0 Å². The molecular weight excluding hydrogens is 250 g/mol. The fourth-order valence-electron chi connectivity index (χ4n) is 1.90. The molecule has 98 valence electrons. The lowest BCUT2D eigenvalue weighted by molar-refractivity contribution is -0.138. The summed E-state index contributed by atoms with van der Waals surface area (Å²) in [5, 5.41) is 9.24. The first-order valence-electron chi connectivity index (χ1n) is 5.79. The summed E-state index contributed by atoms with van der Waals surface area (Å²) >= 11 is 0. The molecule has 0 radical (unpaired) electrons. The number of hydrogen-bond donors (Lipinski definition) is 1. The van der Waals surface area contributed by atoms with E-state index in [4.69, 9.17) is 0 Å². The Morgan fingerprint density at radius 2 is 1.42 bits per heavy atom. The second kappa shape index (κ2) is 5.61. The summed E-state index contributed by atoms with van der Waals surface area (Å²) in [6, 6.07) is 11.1. The molecule has 0 saturated carbocycles. The van der Waals surface area contributed by atoms with E-state index in [0.717, 1.165) is 5.56 Å². The highest BCUT2D eigenvalue weighted by atomic mass is 19.1. The molecule has 0 aliphatic heterocycles. The van der Waals surface area contributed by atoms with Crippen LogP contribution in [0.4, 0.5) is 8.78 Å². The van der Waals surface area contributed by atoms with Crippen LogP contribution in [0, 0.1) is 11.6 Å². The Morgan fingerprint density at radius 3 is 1.89 bits per heavy atom. The van der Waals surface area contributed by atoms with E-state index in [1.807, 2.05) is 0 Å². The maximum atomic E-state index is 12.8. The van der Waals surface area contributed by atoms with Crippen LogP contribution in [0.3, 0.4) is 0 Å². The molecule has 0 saturated heterocycles. The second-order valence-electron chi connectivity index (χ2n) is 4.27. The lowest BCUT2D eigenvalue weighted by Crippen LogP contribution is -2.14. The van der Waals surface area contributed by atoms with E-state index in [1.165, 1.54) is 36.4 Å². The highest BCUT2D eigenvalue weighted by Crippen LogP contribution is 2.22. The van der Waals surface area contributed by atoms with Crippen molar-refractivity contribution >= 4 is 5.97 Å². The van der Waals surface area contributed by atoms with E-state index >= 15 is 0 Å². The van der Waals surface area contributed by atoms with Crippen LogP contribution >= 0.6 is 0 Å². The van der Waals surface area contributed by atoms with Gasteiger partial charge in [-0.3, -0.25) is 4.79 Å². The molecule has 0 bridgehead atoms. The van der Waals surface area contributed by atoms with Gasteiger partial charge in [0.15, 0.2) is 0 Å². The Kier molecular flexibility index (Phi) is 3.90. The largest absolute Gasteiger partial charge is 0.481 e. The van der Waals surface area contributed by atoms with Gasteiger partial charge in [0.25, 0.3) is 0 Å². The molecule has 0 aliphatic carbocycles. The standard InChI is InChI=1S/C15H12F2O2/c16-12-5-1-10(2-6-12)9-14(15(18)19)11-3-7-13(17)8-4-11/h1-8,14H,9H2,(H,18,19)/t14-/m1/s1. The van der Waals surface area contributed by atoms with Crippen molar-refractivity contribution in [2.24, 2.45) is 0 Å². The van der Waals surface area contributed by atoms with E-state index in [2.05, 4.69) is 0 Å². The van der Waals surface area contributed by atoms with Gasteiger partial charge in [0.2, 0.25) is 0 Å². The summed E-state index contributed by atoms with van der Waals surface area (Å²) in [4.78, 5) is 11.3. The Hall–Kier alpha value is -2.23. The molecule has 0 unspecified atom stereocenters. The van der Waals surface area contributed by atoms with Gasteiger partial charge in [-0.05, 0) is 41.8 Å². The molecule has 19 heavy (non-hydrogen) atoms. The number of carbonyl (C=O) groups is 1. The zero-order valence-corrected chi connectivity index (χ0v) is 10.0. The molecule has 0 aromatic heterocycles. The average molecular weight is 262 g/mol. The summed E-state index contributed by atoms with van der Waals surface area (Å²) in [6.07, 6.45) is 0.237. The van der Waals surface area contributed by atoms with Crippen molar-refractivity contribution in [1.82, 2.24) is 0 Å². The highest BCUT2D eigenvalue weighted by Gasteiger charge is 2.20. The summed E-state index contributed by atoms with van der Waals surface area (Å²) in [5.41, 5.74) is 1.25. The zero-order valence-electron chi connectivity index (χ0n) is 10.0. The smallest absolute Gasteiger partial charge is 0.311 e. The SMILES string of the molecule is O=C(O)[C@H](Cc1ccc(F)cc1)c1ccc(F)cc1. The quantitative estimate of drug-likeness (QED) is 0.917. The van der Waals surface area contributed by atoms with Gasteiger partial charge < -0.3 is 5.11 Å². The van der Waals surface area contributed by atoms with Crippen LogP contribution < -0.4 is 0 Å². The van der Waals surface area contributed by atoms with Crippen molar-refractivity contribution in [1.29, 1.82) is 0 Å². The van der Waals surface area contributed by atoms with Gasteiger partial charge in [0.1, 0.15) is 11.6 Å². The molecule has 4 heteroatoms. The molecule has 2 nitrogen and oxygen atoms in total. The van der Waals surface area contributed by atoms with Gasteiger partial charge in [-0.15, -0.1) is 0 Å². The molecule has 2 aromatic rings. The van der Waals surface area contributed by atoms with Crippen molar-refractivity contribution in [2.45, 2.75) is 12.3 Å². The predicted octanol–water partition coefficient (Wildman–Crippen LogP) is 3.38. The topological polar surface area (TPSA) is 37.3 Å². The van der Waals surface area contributed by atoms with E-state index in [1.54, 1.807) is 12.1 Å². The Bertz CT molecular complexity index is 562. The van der Waals surface area contributed by atoms with Gasteiger partial charge in [-0.1, -0.05) is 24.3 Å². The summed E-state index contributed by atoms with van der Waals surface area (Å²) < 4.78 is 25.6. The number of carboxylic acids is 1. The first-order valence-corrected chi connectivity index (χ1v) is 5.79. The van der Waals surface area contributed by atoms with Crippen LogP contribution in [0.25, 0.3) is 0 Å². The Labute approximate surface area is 109 Å². The Balaban J connectivity index is 2.23. The van der Waals surface area contributed by atoms with Crippen LogP contribution in [-0.4, -0.2) is 11.1 Å². The van der Waals surface area contributed by atoms with Gasteiger partial charge >= 0.3 is 5.97 Å². The summed E-state index contributed by atoms with van der Waals surface area (Å²) in [7, 11) is 0. The minimum Gasteiger partial charge on any atom is -0.481 e. The van der Waals surface area contributed by atoms with Crippen LogP contribution in [0.15, 0.2) is 48.5 Å². The molecule has 0 heterocycles. The number of aliphatic carboxylic acids is 1. The first-order chi connectivity index (χ1) is 9.06. The molecule has 2 aromatic carbocycles. The summed E-state index contributed by atoms with van der Waals surface area (Å²) in [5.74, 6) is -2.53. The van der Waals surface area contributed by atoms with Gasteiger partial charge in [0, 0.05) is 0 Å². The van der Waals surface area contributed by atoms with Gasteiger partial charge in [-0.25, -0.2) is 8.78 Å². The maximum absolute atomic E-state index is 12.8. The van der Waals surface area contributed by atoms with Gasteiger partial charge in [0.05, 0.1) is 5.92 Å². The maximum Gasteiger partial charge on any atom is 0.311 e. The normalized spacial score (nSPS) is 12.1. The molecule has 0 aliphatic rings. The van der Waals surface area contributed by atoms with Crippen molar-refractivity contribution in [2.75, 3.05) is 0 Å². The average Bonchev–Trinajstić information content (AvgIpc) is 2.39. The van der Waals surface area contributed by atoms with Crippen LogP contribution in [0.2, 0.25) is 0 Å². The van der Waals surface area contributed by atoms with Crippen LogP contribution in [0.1, 0.15) is 17.0 Å². The Morgan fingerprint density at radius 1 is 0.947 bits per heavy atom. The molecule has 1 N–H and O–H groups in total. The van der Waals surface area contributed by atoms with Crippen LogP contribution in [0.5, 0.6) is 0 Å². The van der Waals surface area contributed by atoms with E-state index < -0.39 is 17.7 Å². The van der Waals surface area contributed by atoms with E-state index in [9.17, 15) is 18.7 Å². The second-order valence-corrected chi connectivity index (χ2v) is 4.27. The van der Waals surface area contributed by atoms with E-state index in [0.29, 0.717) is 5.56 Å². The number of hydrogen-bond acceptors (Lipinski definition) is 1. The minimum atomic E-state index is -0.990. The summed E-state index contributed by atoms with van der Waals surface area (Å²) in [6.45, 7) is 0. The number of rotatable bonds is 4. The molecule has 0 fully saturated rings. The van der Waals surface area contributed by atoms with Crippen molar-refractivity contribution in [3.05, 3.63) is 71.3 Å². The highest BCUT2D eigenvalue weighted by molar-refractivity contribution is 5.76. The number of carboxylic acid groups (broad SMARTS) is 1. The monoisotopic (exact) mass is 262 g/mol. The third-order valence-corrected chi connectivity index (χ3v) is 2.92. The third kappa shape index (κ3) is 3.37. The fourth-order valence-corrected chi connectivity index (χ4v) is 1.90. The molecule has 2 rings (SSSR count). The number of halogens is 2. The lowest BCUT2D eigenvalue weighted by atomic mass is 9.92. The number of benzene rings is 2. The van der Waals surface area contributed by atoms with Crippen molar-refractivity contribution < 1.29 is 18.7 Å². The van der Waals surface area contributed by atoms with E-state index in [-0.39, 0.29) is 12.2 Å². The van der Waals surface area contributed by atoms with Crippen molar-refractivity contribution in [3.8, 4) is 0 Å². The molecule has 0 amide bonds. The molecule has 1 atom stereocenters. The minimum absolute atomic E-state index is 0.237. The fraction of sp³-hybridized carbons (Fsp3) is 0.133. The predicted molar refractivity (Wildman–Crippen MR) is 66.9 cm³/mol. The third-order valence-electron chi connectivity index (χ3n) is 2.92. The molecule has 0 spiro atoms. The molecular formula is C15H12F2O2. The lowest BCUT2D eigenvalue weighted by Gasteiger charge is -2.12. The van der Waals surface area contributed by atoms with Gasteiger partial charge in [-0.2, -0.15) is 0 Å². The first kappa shape index (κ1) is 13.2. The zero-order chi connectivity index (χ0) is 13.8. The van der Waals surface area contributed by atoms with Crippen LogP contribution in [-0.2, 0) is 11.2 Å².